The maximum absolute atomic E-state index is 12.4. The third kappa shape index (κ3) is 3.10. The average Bonchev–Trinajstić information content (AvgIpc) is 2.69. The lowest BCUT2D eigenvalue weighted by atomic mass is 10.00. The number of benzene rings is 1. The molecule has 7 heteroatoms. The fourth-order valence-electron chi connectivity index (χ4n) is 3.08. The summed E-state index contributed by atoms with van der Waals surface area (Å²) in [6.45, 7) is 1.85. The van der Waals surface area contributed by atoms with Crippen molar-refractivity contribution in [1.82, 2.24) is 0 Å². The van der Waals surface area contributed by atoms with Gasteiger partial charge in [-0.15, -0.1) is 0 Å². The summed E-state index contributed by atoms with van der Waals surface area (Å²) in [6.07, 6.45) is 1.66. The Hall–Kier alpha value is -1.60. The summed E-state index contributed by atoms with van der Waals surface area (Å²) in [6, 6.07) is 5.13. The Balaban J connectivity index is 1.84. The summed E-state index contributed by atoms with van der Waals surface area (Å²) < 4.78 is 31.6. The van der Waals surface area contributed by atoms with E-state index in [0.29, 0.717) is 42.5 Å². The normalized spacial score (nSPS) is 20.8. The highest BCUT2D eigenvalue weighted by Crippen LogP contribution is 2.35. The molecule has 2 aliphatic rings. The number of anilines is 1. The van der Waals surface area contributed by atoms with Crippen LogP contribution in [0.1, 0.15) is 24.0 Å². The third-order valence-electron chi connectivity index (χ3n) is 4.21. The SMILES string of the molecule is O=C(O)Cc1ccc2c(c1)CS(=O)(=O)N2CC1CCOCC1. The number of nitrogens with zero attached hydrogens (tertiary/aromatic N) is 1. The lowest BCUT2D eigenvalue weighted by molar-refractivity contribution is -0.136. The second kappa shape index (κ2) is 5.89. The van der Waals surface area contributed by atoms with Crippen LogP contribution < -0.4 is 4.31 Å². The quantitative estimate of drug-likeness (QED) is 0.904. The van der Waals surface area contributed by atoms with Crippen LogP contribution >= 0.6 is 0 Å². The van der Waals surface area contributed by atoms with Crippen LogP contribution in [-0.2, 0) is 31.7 Å². The van der Waals surface area contributed by atoms with E-state index in [1.54, 1.807) is 18.2 Å². The zero-order chi connectivity index (χ0) is 15.7. The van der Waals surface area contributed by atoms with Gasteiger partial charge in [0.15, 0.2) is 0 Å². The number of carboxylic acid groups (broad SMARTS) is 1. The van der Waals surface area contributed by atoms with Crippen LogP contribution in [0.5, 0.6) is 0 Å². The first kappa shape index (κ1) is 15.3. The van der Waals surface area contributed by atoms with Gasteiger partial charge in [0.1, 0.15) is 0 Å². The predicted molar refractivity (Wildman–Crippen MR) is 81.3 cm³/mol. The van der Waals surface area contributed by atoms with E-state index in [9.17, 15) is 13.2 Å². The van der Waals surface area contributed by atoms with Crippen molar-refractivity contribution >= 4 is 21.7 Å². The van der Waals surface area contributed by atoms with Crippen molar-refractivity contribution in [2.75, 3.05) is 24.1 Å². The van der Waals surface area contributed by atoms with Gasteiger partial charge in [0.2, 0.25) is 10.0 Å². The largest absolute Gasteiger partial charge is 0.481 e. The first-order valence-electron chi connectivity index (χ1n) is 7.37. The molecule has 0 amide bonds. The molecule has 0 aliphatic carbocycles. The number of hydrogen-bond donors (Lipinski definition) is 1. The fourth-order valence-corrected chi connectivity index (χ4v) is 4.78. The maximum Gasteiger partial charge on any atom is 0.307 e. The standard InChI is InChI=1S/C15H19NO5S/c17-15(18)8-12-1-2-14-13(7-12)10-22(19,20)16(14)9-11-3-5-21-6-4-11/h1-2,7,11H,3-6,8-10H2,(H,17,18). The van der Waals surface area contributed by atoms with Gasteiger partial charge in [0.05, 0.1) is 17.9 Å². The highest BCUT2D eigenvalue weighted by Gasteiger charge is 2.35. The fraction of sp³-hybridized carbons (Fsp3) is 0.533. The van der Waals surface area contributed by atoms with Gasteiger partial charge in [-0.05, 0) is 36.0 Å². The number of sulfonamides is 1. The van der Waals surface area contributed by atoms with Gasteiger partial charge in [-0.2, -0.15) is 0 Å². The Labute approximate surface area is 129 Å². The molecule has 1 aromatic carbocycles. The summed E-state index contributed by atoms with van der Waals surface area (Å²) >= 11 is 0. The molecule has 0 saturated carbocycles. The minimum Gasteiger partial charge on any atom is -0.481 e. The van der Waals surface area contributed by atoms with Crippen molar-refractivity contribution in [2.24, 2.45) is 5.92 Å². The molecule has 1 N–H and O–H groups in total. The lowest BCUT2D eigenvalue weighted by Crippen LogP contribution is -2.34. The van der Waals surface area contributed by atoms with E-state index in [1.807, 2.05) is 0 Å². The Kier molecular flexibility index (Phi) is 4.10. The van der Waals surface area contributed by atoms with E-state index in [2.05, 4.69) is 0 Å². The van der Waals surface area contributed by atoms with E-state index in [-0.39, 0.29) is 12.2 Å². The van der Waals surface area contributed by atoms with Gasteiger partial charge in [-0.1, -0.05) is 12.1 Å². The molecule has 0 spiro atoms. The summed E-state index contributed by atoms with van der Waals surface area (Å²) in [4.78, 5) is 10.8. The van der Waals surface area contributed by atoms with Crippen molar-refractivity contribution in [3.63, 3.8) is 0 Å². The van der Waals surface area contributed by atoms with Crippen LogP contribution in [0.15, 0.2) is 18.2 Å². The highest BCUT2D eigenvalue weighted by atomic mass is 32.2. The van der Waals surface area contributed by atoms with E-state index < -0.39 is 16.0 Å². The molecule has 0 radical (unpaired) electrons. The van der Waals surface area contributed by atoms with Crippen molar-refractivity contribution in [2.45, 2.75) is 25.0 Å². The summed E-state index contributed by atoms with van der Waals surface area (Å²) in [5.41, 5.74) is 2.03. The molecule has 1 aromatic rings. The lowest BCUT2D eigenvalue weighted by Gasteiger charge is -2.27. The molecule has 22 heavy (non-hydrogen) atoms. The van der Waals surface area contributed by atoms with Crippen LogP contribution in [0.25, 0.3) is 0 Å². The number of hydrogen-bond acceptors (Lipinski definition) is 4. The first-order valence-corrected chi connectivity index (χ1v) is 8.98. The van der Waals surface area contributed by atoms with Gasteiger partial charge in [-0.3, -0.25) is 9.10 Å². The second-order valence-electron chi connectivity index (χ2n) is 5.88. The number of ether oxygens (including phenoxy) is 1. The van der Waals surface area contributed by atoms with Gasteiger partial charge in [0.25, 0.3) is 0 Å². The van der Waals surface area contributed by atoms with E-state index >= 15 is 0 Å². The molecule has 0 unspecified atom stereocenters. The van der Waals surface area contributed by atoms with Crippen molar-refractivity contribution in [3.05, 3.63) is 29.3 Å². The Morgan fingerprint density at radius 3 is 2.73 bits per heavy atom. The molecule has 1 saturated heterocycles. The minimum absolute atomic E-state index is 0.0426. The van der Waals surface area contributed by atoms with Crippen molar-refractivity contribution < 1.29 is 23.1 Å². The van der Waals surface area contributed by atoms with Crippen LogP contribution in [0.2, 0.25) is 0 Å². The van der Waals surface area contributed by atoms with Crippen molar-refractivity contribution in [1.29, 1.82) is 0 Å². The Bertz CT molecular complexity index is 679. The topological polar surface area (TPSA) is 83.9 Å². The van der Waals surface area contributed by atoms with Gasteiger partial charge < -0.3 is 9.84 Å². The summed E-state index contributed by atoms with van der Waals surface area (Å²) in [5.74, 6) is -0.646. The number of carboxylic acids is 1. The van der Waals surface area contributed by atoms with Crippen LogP contribution in [0.3, 0.4) is 0 Å². The zero-order valence-corrected chi connectivity index (χ0v) is 13.0. The predicted octanol–water partition coefficient (Wildman–Crippen LogP) is 1.39. The van der Waals surface area contributed by atoms with Crippen LogP contribution in [0, 0.1) is 5.92 Å². The Morgan fingerprint density at radius 2 is 2.05 bits per heavy atom. The number of rotatable bonds is 4. The minimum atomic E-state index is -3.35. The molecule has 2 heterocycles. The molecule has 1 fully saturated rings. The van der Waals surface area contributed by atoms with E-state index in [4.69, 9.17) is 9.84 Å². The molecule has 0 bridgehead atoms. The van der Waals surface area contributed by atoms with Gasteiger partial charge >= 0.3 is 5.97 Å². The second-order valence-corrected chi connectivity index (χ2v) is 7.77. The highest BCUT2D eigenvalue weighted by molar-refractivity contribution is 7.92. The van der Waals surface area contributed by atoms with Gasteiger partial charge in [0, 0.05) is 19.8 Å². The molecule has 6 nitrogen and oxygen atoms in total. The first-order chi connectivity index (χ1) is 10.5. The number of fused-ring (bicyclic) bond motifs is 1. The van der Waals surface area contributed by atoms with Crippen LogP contribution in [0.4, 0.5) is 5.69 Å². The summed E-state index contributed by atoms with van der Waals surface area (Å²) in [7, 11) is -3.35. The molecule has 0 atom stereocenters. The smallest absolute Gasteiger partial charge is 0.307 e. The van der Waals surface area contributed by atoms with Crippen molar-refractivity contribution in [3.8, 4) is 0 Å². The van der Waals surface area contributed by atoms with Gasteiger partial charge in [-0.25, -0.2) is 8.42 Å². The molecule has 0 aromatic heterocycles. The Morgan fingerprint density at radius 1 is 1.32 bits per heavy atom. The molecular formula is C15H19NO5S. The van der Waals surface area contributed by atoms with Crippen LogP contribution in [-0.4, -0.2) is 39.3 Å². The number of carbonyl (C=O) groups is 1. The molecular weight excluding hydrogens is 306 g/mol. The zero-order valence-electron chi connectivity index (χ0n) is 12.2. The average molecular weight is 325 g/mol. The van der Waals surface area contributed by atoms with E-state index in [0.717, 1.165) is 12.8 Å². The molecule has 2 aliphatic heterocycles. The monoisotopic (exact) mass is 325 g/mol. The van der Waals surface area contributed by atoms with E-state index in [1.165, 1.54) is 4.31 Å². The summed E-state index contributed by atoms with van der Waals surface area (Å²) in [5, 5.41) is 8.85. The number of aliphatic carboxylic acids is 1. The molecule has 3 rings (SSSR count). The third-order valence-corrected chi connectivity index (χ3v) is 5.90. The molecule has 120 valence electrons. The maximum atomic E-state index is 12.4.